The Kier molecular flexibility index (Phi) is 2.70. The van der Waals surface area contributed by atoms with Crippen molar-refractivity contribution < 1.29 is 4.74 Å². The van der Waals surface area contributed by atoms with E-state index in [1.165, 1.54) is 24.2 Å². The van der Waals surface area contributed by atoms with Crippen molar-refractivity contribution in [3.63, 3.8) is 0 Å². The molecule has 18 heavy (non-hydrogen) atoms. The fourth-order valence-electron chi connectivity index (χ4n) is 2.54. The molecule has 2 N–H and O–H groups in total. The van der Waals surface area contributed by atoms with Crippen molar-refractivity contribution in [3.05, 3.63) is 35.9 Å². The average Bonchev–Trinajstić information content (AvgIpc) is 2.83. The van der Waals surface area contributed by atoms with E-state index in [2.05, 4.69) is 9.55 Å². The zero-order valence-corrected chi connectivity index (χ0v) is 10.5. The van der Waals surface area contributed by atoms with Gasteiger partial charge >= 0.3 is 0 Å². The molecule has 94 valence electrons. The number of ether oxygens (including phenoxy) is 1. The molecule has 0 saturated carbocycles. The lowest BCUT2D eigenvalue weighted by Crippen LogP contribution is -2.07. The van der Waals surface area contributed by atoms with Gasteiger partial charge in [0.15, 0.2) is 0 Å². The molecule has 0 unspecified atom stereocenters. The van der Waals surface area contributed by atoms with E-state index in [4.69, 9.17) is 10.5 Å². The molecule has 0 radical (unpaired) electrons. The van der Waals surface area contributed by atoms with Gasteiger partial charge in [0.25, 0.3) is 0 Å². The molecule has 1 aromatic heterocycles. The topological polar surface area (TPSA) is 53.1 Å². The maximum Gasteiger partial charge on any atom is 0.143 e. The van der Waals surface area contributed by atoms with Crippen molar-refractivity contribution in [2.75, 3.05) is 12.8 Å². The largest absolute Gasteiger partial charge is 0.495 e. The van der Waals surface area contributed by atoms with Crippen molar-refractivity contribution in [1.29, 1.82) is 0 Å². The van der Waals surface area contributed by atoms with Gasteiger partial charge in [0.05, 0.1) is 30.5 Å². The highest BCUT2D eigenvalue weighted by atomic mass is 16.5. The number of imidazole rings is 1. The minimum absolute atomic E-state index is 0.662. The maximum absolute atomic E-state index is 5.84. The number of aryl methyl sites for hydroxylation is 1. The van der Waals surface area contributed by atoms with Crippen molar-refractivity contribution in [3.8, 4) is 11.4 Å². The fraction of sp³-hybridized carbons (Fsp3) is 0.357. The van der Waals surface area contributed by atoms with Gasteiger partial charge in [0.2, 0.25) is 0 Å². The Balaban J connectivity index is 2.07. The van der Waals surface area contributed by atoms with Gasteiger partial charge < -0.3 is 15.0 Å². The molecule has 3 rings (SSSR count). The van der Waals surface area contributed by atoms with Gasteiger partial charge in [-0.15, -0.1) is 0 Å². The van der Waals surface area contributed by atoms with E-state index in [0.29, 0.717) is 11.4 Å². The molecule has 0 saturated heterocycles. The summed E-state index contributed by atoms with van der Waals surface area (Å²) in [6, 6.07) is 5.85. The molecular formula is C14H17N3O. The number of benzene rings is 1. The third-order valence-electron chi connectivity index (χ3n) is 3.53. The third kappa shape index (κ3) is 1.74. The summed E-state index contributed by atoms with van der Waals surface area (Å²) in [5, 5.41) is 0. The highest BCUT2D eigenvalue weighted by Crippen LogP contribution is 2.28. The predicted molar refractivity (Wildman–Crippen MR) is 71.2 cm³/mol. The Morgan fingerprint density at radius 2 is 2.11 bits per heavy atom. The van der Waals surface area contributed by atoms with Crippen LogP contribution in [0.2, 0.25) is 0 Å². The van der Waals surface area contributed by atoms with Gasteiger partial charge in [-0.1, -0.05) is 0 Å². The van der Waals surface area contributed by atoms with Crippen LogP contribution >= 0.6 is 0 Å². The summed E-state index contributed by atoms with van der Waals surface area (Å²) in [5.74, 6) is 0.714. The maximum atomic E-state index is 5.84. The zero-order chi connectivity index (χ0) is 12.5. The first-order valence-corrected chi connectivity index (χ1v) is 6.28. The second-order valence-corrected chi connectivity index (χ2v) is 4.64. The van der Waals surface area contributed by atoms with E-state index in [1.807, 2.05) is 24.5 Å². The predicted octanol–water partition coefficient (Wildman–Crippen LogP) is 2.34. The third-order valence-corrected chi connectivity index (χ3v) is 3.53. The first kappa shape index (κ1) is 11.1. The van der Waals surface area contributed by atoms with Crippen LogP contribution in [0, 0.1) is 0 Å². The first-order chi connectivity index (χ1) is 8.79. The lowest BCUT2D eigenvalue weighted by Gasteiger charge is -2.15. The molecule has 0 atom stereocenters. The number of hydrogen-bond donors (Lipinski definition) is 1. The standard InChI is InChI=1S/C14H17N3O/c1-18-14-8-10(6-7-11(14)15)17-9-16-12-4-2-3-5-13(12)17/h6-9H,2-5,15H2,1H3. The van der Waals surface area contributed by atoms with Crippen LogP contribution in [0.15, 0.2) is 24.5 Å². The van der Waals surface area contributed by atoms with Crippen LogP contribution in [-0.4, -0.2) is 16.7 Å². The summed E-state index contributed by atoms with van der Waals surface area (Å²) in [6.45, 7) is 0. The number of fused-ring (bicyclic) bond motifs is 1. The highest BCUT2D eigenvalue weighted by Gasteiger charge is 2.16. The minimum Gasteiger partial charge on any atom is -0.495 e. The second-order valence-electron chi connectivity index (χ2n) is 4.64. The summed E-state index contributed by atoms with van der Waals surface area (Å²) < 4.78 is 7.42. The number of nitrogens with zero attached hydrogens (tertiary/aromatic N) is 2. The Morgan fingerprint density at radius 1 is 1.28 bits per heavy atom. The van der Waals surface area contributed by atoms with E-state index in [9.17, 15) is 0 Å². The number of nitrogens with two attached hydrogens (primary N) is 1. The van der Waals surface area contributed by atoms with E-state index in [0.717, 1.165) is 18.5 Å². The van der Waals surface area contributed by atoms with E-state index in [1.54, 1.807) is 7.11 Å². The van der Waals surface area contributed by atoms with Crippen molar-refractivity contribution in [2.45, 2.75) is 25.7 Å². The molecule has 1 aliphatic rings. The molecule has 2 aromatic rings. The smallest absolute Gasteiger partial charge is 0.143 e. The van der Waals surface area contributed by atoms with E-state index in [-0.39, 0.29) is 0 Å². The number of methoxy groups -OCH3 is 1. The second kappa shape index (κ2) is 4.37. The molecule has 1 aliphatic carbocycles. The summed E-state index contributed by atoms with van der Waals surface area (Å²) >= 11 is 0. The summed E-state index contributed by atoms with van der Waals surface area (Å²) in [4.78, 5) is 4.50. The zero-order valence-electron chi connectivity index (χ0n) is 10.5. The lowest BCUT2D eigenvalue weighted by molar-refractivity contribution is 0.417. The van der Waals surface area contributed by atoms with Crippen LogP contribution < -0.4 is 10.5 Å². The van der Waals surface area contributed by atoms with E-state index >= 15 is 0 Å². The molecule has 4 heteroatoms. The Labute approximate surface area is 106 Å². The molecular weight excluding hydrogens is 226 g/mol. The number of hydrogen-bond acceptors (Lipinski definition) is 3. The summed E-state index contributed by atoms with van der Waals surface area (Å²) in [6.07, 6.45) is 6.58. The monoisotopic (exact) mass is 243 g/mol. The van der Waals surface area contributed by atoms with Gasteiger partial charge in [-0.3, -0.25) is 0 Å². The Morgan fingerprint density at radius 3 is 2.94 bits per heavy atom. The molecule has 0 bridgehead atoms. The first-order valence-electron chi connectivity index (χ1n) is 6.28. The molecule has 0 spiro atoms. The number of nitrogen functional groups attached to an aromatic ring is 1. The van der Waals surface area contributed by atoms with Crippen LogP contribution in [-0.2, 0) is 12.8 Å². The van der Waals surface area contributed by atoms with Crippen LogP contribution in [0.25, 0.3) is 5.69 Å². The molecule has 4 nitrogen and oxygen atoms in total. The van der Waals surface area contributed by atoms with Crippen molar-refractivity contribution >= 4 is 5.69 Å². The molecule has 1 aromatic carbocycles. The normalized spacial score (nSPS) is 14.3. The highest BCUT2D eigenvalue weighted by molar-refractivity contribution is 5.57. The van der Waals surface area contributed by atoms with Gasteiger partial charge in [0.1, 0.15) is 5.75 Å². The van der Waals surface area contributed by atoms with Gasteiger partial charge in [-0.2, -0.15) is 0 Å². The van der Waals surface area contributed by atoms with E-state index < -0.39 is 0 Å². The fourth-order valence-corrected chi connectivity index (χ4v) is 2.54. The van der Waals surface area contributed by atoms with Gasteiger partial charge in [-0.05, 0) is 37.8 Å². The van der Waals surface area contributed by atoms with Crippen LogP contribution in [0.1, 0.15) is 24.2 Å². The van der Waals surface area contributed by atoms with Crippen molar-refractivity contribution in [2.24, 2.45) is 0 Å². The summed E-state index contributed by atoms with van der Waals surface area (Å²) in [7, 11) is 1.64. The quantitative estimate of drug-likeness (QED) is 0.824. The number of rotatable bonds is 2. The van der Waals surface area contributed by atoms with Crippen LogP contribution in [0.5, 0.6) is 5.75 Å². The molecule has 0 fully saturated rings. The number of aromatic nitrogens is 2. The Bertz CT molecular complexity index is 574. The average molecular weight is 243 g/mol. The lowest BCUT2D eigenvalue weighted by atomic mass is 10.0. The number of anilines is 1. The van der Waals surface area contributed by atoms with Crippen LogP contribution in [0.4, 0.5) is 5.69 Å². The molecule has 0 aliphatic heterocycles. The summed E-state index contributed by atoms with van der Waals surface area (Å²) in [5.41, 5.74) is 10.1. The SMILES string of the molecule is COc1cc(-n2cnc3c2CCCC3)ccc1N. The Hall–Kier alpha value is -1.97. The van der Waals surface area contributed by atoms with Gasteiger partial charge in [-0.25, -0.2) is 4.98 Å². The van der Waals surface area contributed by atoms with Crippen LogP contribution in [0.3, 0.4) is 0 Å². The van der Waals surface area contributed by atoms with Gasteiger partial charge in [0, 0.05) is 11.8 Å². The minimum atomic E-state index is 0.662. The van der Waals surface area contributed by atoms with Crippen molar-refractivity contribution in [1.82, 2.24) is 9.55 Å². The molecule has 1 heterocycles. The molecule has 0 amide bonds.